The predicted octanol–water partition coefficient (Wildman–Crippen LogP) is 7.56. The maximum Gasteiger partial charge on any atom is 0.159 e. The molecule has 0 nitrogen and oxygen atoms in total. The van der Waals surface area contributed by atoms with Crippen LogP contribution in [0.25, 0.3) is 11.1 Å². The second kappa shape index (κ2) is 9.07. The number of halogens is 3. The van der Waals surface area contributed by atoms with Crippen LogP contribution in [0.15, 0.2) is 54.9 Å². The van der Waals surface area contributed by atoms with Gasteiger partial charge in [-0.2, -0.15) is 0 Å². The first-order chi connectivity index (χ1) is 12.7. The maximum absolute atomic E-state index is 13.4. The Kier molecular flexibility index (Phi) is 6.54. The molecule has 0 aromatic heterocycles. The normalized spacial score (nSPS) is 20.6. The number of hydrogen-bond donors (Lipinski definition) is 0. The van der Waals surface area contributed by atoms with Gasteiger partial charge >= 0.3 is 0 Å². The third kappa shape index (κ3) is 4.78. The molecule has 0 atom stereocenters. The summed E-state index contributed by atoms with van der Waals surface area (Å²) in [5.41, 5.74) is 2.93. The molecular formula is C23H25F3. The van der Waals surface area contributed by atoms with Crippen LogP contribution in [0.2, 0.25) is 0 Å². The lowest BCUT2D eigenvalue weighted by Gasteiger charge is -2.29. The van der Waals surface area contributed by atoms with Gasteiger partial charge in [0.25, 0.3) is 0 Å². The quantitative estimate of drug-likeness (QED) is 0.467. The highest BCUT2D eigenvalue weighted by Crippen LogP contribution is 2.38. The van der Waals surface area contributed by atoms with Crippen molar-refractivity contribution in [3.8, 4) is 11.1 Å². The molecule has 0 spiro atoms. The fraction of sp³-hybridized carbons (Fsp3) is 0.391. The van der Waals surface area contributed by atoms with Gasteiger partial charge in [0.2, 0.25) is 0 Å². The number of unbranched alkanes of at least 4 members (excludes halogenated alkanes) is 1. The van der Waals surface area contributed by atoms with Crippen LogP contribution in [-0.2, 0) is 0 Å². The van der Waals surface area contributed by atoms with Gasteiger partial charge in [-0.25, -0.2) is 13.2 Å². The van der Waals surface area contributed by atoms with Crippen LogP contribution in [0, 0.1) is 17.6 Å². The van der Waals surface area contributed by atoms with E-state index in [9.17, 15) is 13.2 Å². The number of hydrogen-bond acceptors (Lipinski definition) is 0. The van der Waals surface area contributed by atoms with Crippen molar-refractivity contribution in [2.45, 2.75) is 50.9 Å². The van der Waals surface area contributed by atoms with E-state index in [4.69, 9.17) is 0 Å². The fourth-order valence-electron chi connectivity index (χ4n) is 4.00. The van der Waals surface area contributed by atoms with E-state index in [-0.39, 0.29) is 0 Å². The van der Waals surface area contributed by atoms with Gasteiger partial charge in [0.15, 0.2) is 11.6 Å². The highest BCUT2D eigenvalue weighted by molar-refractivity contribution is 5.63. The van der Waals surface area contributed by atoms with Crippen molar-refractivity contribution < 1.29 is 13.2 Å². The highest BCUT2D eigenvalue weighted by atomic mass is 19.2. The second-order valence-electron chi connectivity index (χ2n) is 7.26. The standard InChI is InChI=1S/C23H25F3/c24-15-3-1-2-4-17-5-7-18(8-6-17)19-9-11-20(12-10-19)21-13-14-22(25)23(26)16-21/h3,9-18H,1-2,4-8H2/b15-3+. The zero-order chi connectivity index (χ0) is 18.4. The average Bonchev–Trinajstić information content (AvgIpc) is 2.68. The molecule has 3 rings (SSSR count). The van der Waals surface area contributed by atoms with E-state index in [1.54, 1.807) is 12.1 Å². The average molecular weight is 358 g/mol. The van der Waals surface area contributed by atoms with Crippen LogP contribution in [0.4, 0.5) is 13.2 Å². The second-order valence-corrected chi connectivity index (χ2v) is 7.26. The van der Waals surface area contributed by atoms with Crippen molar-refractivity contribution in [1.82, 2.24) is 0 Å². The van der Waals surface area contributed by atoms with Crippen LogP contribution in [0.5, 0.6) is 0 Å². The molecule has 1 saturated carbocycles. The Hall–Kier alpha value is -2.03. The molecule has 1 aliphatic rings. The Balaban J connectivity index is 1.55. The van der Waals surface area contributed by atoms with Crippen LogP contribution < -0.4 is 0 Å². The minimum absolute atomic E-state index is 0.580. The molecule has 1 aliphatic carbocycles. The van der Waals surface area contributed by atoms with Gasteiger partial charge < -0.3 is 0 Å². The smallest absolute Gasteiger partial charge is 0.159 e. The van der Waals surface area contributed by atoms with Crippen molar-refractivity contribution >= 4 is 0 Å². The van der Waals surface area contributed by atoms with Crippen molar-refractivity contribution in [3.63, 3.8) is 0 Å². The Morgan fingerprint density at radius 1 is 0.846 bits per heavy atom. The molecule has 0 heterocycles. The minimum atomic E-state index is -0.817. The Morgan fingerprint density at radius 2 is 1.54 bits per heavy atom. The topological polar surface area (TPSA) is 0 Å². The van der Waals surface area contributed by atoms with Gasteiger partial charge in [-0.05, 0) is 79.2 Å². The van der Waals surface area contributed by atoms with Gasteiger partial charge in [0.05, 0.1) is 6.33 Å². The van der Waals surface area contributed by atoms with Crippen molar-refractivity contribution in [3.05, 3.63) is 72.1 Å². The Labute approximate surface area is 153 Å². The summed E-state index contributed by atoms with van der Waals surface area (Å²) in [6.07, 6.45) is 10.2. The van der Waals surface area contributed by atoms with E-state index in [1.165, 1.54) is 49.8 Å². The lowest BCUT2D eigenvalue weighted by Crippen LogP contribution is -2.13. The monoisotopic (exact) mass is 358 g/mol. The molecule has 138 valence electrons. The first kappa shape index (κ1) is 18.8. The molecule has 0 saturated heterocycles. The summed E-state index contributed by atoms with van der Waals surface area (Å²) in [6, 6.07) is 12.3. The molecule has 0 unspecified atom stereocenters. The predicted molar refractivity (Wildman–Crippen MR) is 101 cm³/mol. The van der Waals surface area contributed by atoms with E-state index in [1.807, 2.05) is 12.1 Å². The van der Waals surface area contributed by atoms with E-state index >= 15 is 0 Å². The fourth-order valence-corrected chi connectivity index (χ4v) is 4.00. The zero-order valence-corrected chi connectivity index (χ0v) is 14.9. The molecule has 2 aromatic carbocycles. The summed E-state index contributed by atoms with van der Waals surface area (Å²) in [5.74, 6) is -0.286. The summed E-state index contributed by atoms with van der Waals surface area (Å²) in [7, 11) is 0. The SMILES string of the molecule is F/C=C/CCCC1CCC(c2ccc(-c3ccc(F)c(F)c3)cc2)CC1. The van der Waals surface area contributed by atoms with Crippen LogP contribution in [-0.4, -0.2) is 0 Å². The zero-order valence-electron chi connectivity index (χ0n) is 14.9. The molecule has 1 fully saturated rings. The third-order valence-electron chi connectivity index (χ3n) is 5.55. The van der Waals surface area contributed by atoms with E-state index < -0.39 is 11.6 Å². The summed E-state index contributed by atoms with van der Waals surface area (Å²) < 4.78 is 38.4. The molecule has 0 bridgehead atoms. The molecular weight excluding hydrogens is 333 g/mol. The first-order valence-electron chi connectivity index (χ1n) is 9.48. The number of allylic oxidation sites excluding steroid dienone is 1. The van der Waals surface area contributed by atoms with E-state index in [0.717, 1.165) is 24.3 Å². The van der Waals surface area contributed by atoms with E-state index in [0.29, 0.717) is 17.8 Å². The van der Waals surface area contributed by atoms with Crippen LogP contribution in [0.1, 0.15) is 56.4 Å². The van der Waals surface area contributed by atoms with E-state index in [2.05, 4.69) is 12.1 Å². The Morgan fingerprint density at radius 3 is 2.19 bits per heavy atom. The van der Waals surface area contributed by atoms with Gasteiger partial charge in [0.1, 0.15) is 0 Å². The molecule has 0 N–H and O–H groups in total. The van der Waals surface area contributed by atoms with Gasteiger partial charge in [-0.1, -0.05) is 42.8 Å². The van der Waals surface area contributed by atoms with Crippen LogP contribution >= 0.6 is 0 Å². The molecule has 0 amide bonds. The minimum Gasteiger partial charge on any atom is -0.216 e. The first-order valence-corrected chi connectivity index (χ1v) is 9.48. The highest BCUT2D eigenvalue weighted by Gasteiger charge is 2.22. The van der Waals surface area contributed by atoms with Gasteiger partial charge in [-0.15, -0.1) is 0 Å². The molecule has 2 aromatic rings. The summed E-state index contributed by atoms with van der Waals surface area (Å²) in [6.45, 7) is 0. The van der Waals surface area contributed by atoms with Crippen molar-refractivity contribution in [1.29, 1.82) is 0 Å². The van der Waals surface area contributed by atoms with Gasteiger partial charge in [0, 0.05) is 0 Å². The summed E-state index contributed by atoms with van der Waals surface area (Å²) >= 11 is 0. The summed E-state index contributed by atoms with van der Waals surface area (Å²) in [4.78, 5) is 0. The largest absolute Gasteiger partial charge is 0.216 e. The van der Waals surface area contributed by atoms with Gasteiger partial charge in [-0.3, -0.25) is 0 Å². The molecule has 3 heteroatoms. The third-order valence-corrected chi connectivity index (χ3v) is 5.55. The lowest BCUT2D eigenvalue weighted by atomic mass is 9.77. The van der Waals surface area contributed by atoms with Crippen molar-refractivity contribution in [2.24, 2.45) is 5.92 Å². The maximum atomic E-state index is 13.4. The number of benzene rings is 2. The number of rotatable bonds is 6. The molecule has 0 radical (unpaired) electrons. The lowest BCUT2D eigenvalue weighted by molar-refractivity contribution is 0.305. The Bertz CT molecular complexity index is 726. The summed E-state index contributed by atoms with van der Waals surface area (Å²) in [5, 5.41) is 0. The van der Waals surface area contributed by atoms with Crippen molar-refractivity contribution in [2.75, 3.05) is 0 Å². The molecule has 26 heavy (non-hydrogen) atoms. The molecule has 0 aliphatic heterocycles. The van der Waals surface area contributed by atoms with Crippen LogP contribution in [0.3, 0.4) is 0 Å².